The number of nitro groups is 1. The molecule has 0 aliphatic carbocycles. The Morgan fingerprint density at radius 3 is 2.22 bits per heavy atom. The van der Waals surface area contributed by atoms with E-state index in [0.717, 1.165) is 4.90 Å². The van der Waals surface area contributed by atoms with Gasteiger partial charge in [0.1, 0.15) is 0 Å². The molecule has 23 heavy (non-hydrogen) atoms. The fourth-order valence-electron chi connectivity index (χ4n) is 4.03. The molecule has 3 aliphatic heterocycles. The van der Waals surface area contributed by atoms with Crippen molar-refractivity contribution in [1.29, 1.82) is 0 Å². The van der Waals surface area contributed by atoms with Gasteiger partial charge in [0.2, 0.25) is 11.8 Å². The summed E-state index contributed by atoms with van der Waals surface area (Å²) in [6.45, 7) is 3.59. The maximum absolute atomic E-state index is 12.8. The van der Waals surface area contributed by atoms with Gasteiger partial charge in [0, 0.05) is 12.1 Å². The minimum atomic E-state index is -0.804. The third-order valence-electron chi connectivity index (χ3n) is 5.03. The van der Waals surface area contributed by atoms with Crippen molar-refractivity contribution in [1.82, 2.24) is 0 Å². The fourth-order valence-corrected chi connectivity index (χ4v) is 4.03. The highest BCUT2D eigenvalue weighted by Gasteiger charge is 2.70. The van der Waals surface area contributed by atoms with Gasteiger partial charge in [-0.25, -0.2) is 4.90 Å². The molecule has 0 aromatic heterocycles. The quantitative estimate of drug-likeness (QED) is 0.359. The lowest BCUT2D eigenvalue weighted by Crippen LogP contribution is -2.39. The number of hydrogen-bond donors (Lipinski definition) is 0. The average molecular weight is 314 g/mol. The molecule has 1 aromatic carbocycles. The maximum Gasteiger partial charge on any atom is 0.271 e. The van der Waals surface area contributed by atoms with Crippen LogP contribution in [0.25, 0.3) is 0 Å². The smallest absolute Gasteiger partial charge is 0.271 e. The second-order valence-corrected chi connectivity index (χ2v) is 6.55. The van der Waals surface area contributed by atoms with Crippen LogP contribution >= 0.6 is 0 Å². The lowest BCUT2D eigenvalue weighted by Gasteiger charge is -2.25. The van der Waals surface area contributed by atoms with Crippen LogP contribution in [-0.4, -0.2) is 27.9 Å². The van der Waals surface area contributed by atoms with Gasteiger partial charge in [-0.05, 0) is 19.9 Å². The van der Waals surface area contributed by atoms with E-state index < -0.39 is 28.0 Å². The Bertz CT molecular complexity index is 767. The summed E-state index contributed by atoms with van der Waals surface area (Å²) in [5.74, 6) is -1.92. The molecule has 118 valence electrons. The Labute approximate surface area is 131 Å². The number of nitro benzene ring substituents is 1. The van der Waals surface area contributed by atoms with Gasteiger partial charge in [-0.15, -0.1) is 0 Å². The number of imide groups is 1. The average Bonchev–Trinajstić information content (AvgIpc) is 3.04. The maximum atomic E-state index is 12.8. The molecular formula is C16H14N2O5. The Morgan fingerprint density at radius 2 is 1.70 bits per heavy atom. The Hall–Kier alpha value is -2.54. The number of hydrogen-bond acceptors (Lipinski definition) is 5. The molecule has 2 saturated heterocycles. The van der Waals surface area contributed by atoms with E-state index in [1.807, 2.05) is 12.2 Å². The molecule has 1 aromatic rings. The van der Waals surface area contributed by atoms with Gasteiger partial charge in [0.25, 0.3) is 5.69 Å². The molecule has 3 heterocycles. The number of carbonyl (C=O) groups excluding carboxylic acids is 2. The molecule has 0 N–H and O–H groups in total. The van der Waals surface area contributed by atoms with Gasteiger partial charge in [-0.1, -0.05) is 18.2 Å². The number of carbonyl (C=O) groups is 2. The normalized spacial score (nSPS) is 37.6. The molecular weight excluding hydrogens is 300 g/mol. The molecule has 4 unspecified atom stereocenters. The zero-order valence-electron chi connectivity index (χ0n) is 12.6. The summed E-state index contributed by atoms with van der Waals surface area (Å²) < 4.78 is 5.91. The van der Waals surface area contributed by atoms with E-state index >= 15 is 0 Å². The van der Waals surface area contributed by atoms with Crippen LogP contribution in [-0.2, 0) is 14.3 Å². The van der Waals surface area contributed by atoms with Gasteiger partial charge >= 0.3 is 0 Å². The van der Waals surface area contributed by atoms with Crippen molar-refractivity contribution in [2.24, 2.45) is 11.8 Å². The highest BCUT2D eigenvalue weighted by molar-refractivity contribution is 6.23. The zero-order valence-corrected chi connectivity index (χ0v) is 12.6. The number of nitrogens with zero attached hydrogens (tertiary/aromatic N) is 2. The highest BCUT2D eigenvalue weighted by atomic mass is 16.6. The third kappa shape index (κ3) is 1.62. The number of ether oxygens (including phenoxy) is 1. The van der Waals surface area contributed by atoms with Crippen LogP contribution in [0, 0.1) is 22.0 Å². The van der Waals surface area contributed by atoms with E-state index in [0.29, 0.717) is 0 Å². The molecule has 7 heteroatoms. The van der Waals surface area contributed by atoms with Crippen molar-refractivity contribution in [3.8, 4) is 0 Å². The van der Waals surface area contributed by atoms with E-state index in [1.54, 1.807) is 13.8 Å². The number of amides is 2. The van der Waals surface area contributed by atoms with E-state index in [2.05, 4.69) is 0 Å². The highest BCUT2D eigenvalue weighted by Crippen LogP contribution is 2.57. The van der Waals surface area contributed by atoms with Crippen LogP contribution in [0.4, 0.5) is 11.4 Å². The van der Waals surface area contributed by atoms with Crippen LogP contribution < -0.4 is 4.90 Å². The summed E-state index contributed by atoms with van der Waals surface area (Å²) in [6, 6.07) is 5.57. The van der Waals surface area contributed by atoms with Gasteiger partial charge in [-0.2, -0.15) is 0 Å². The second-order valence-electron chi connectivity index (χ2n) is 6.55. The first-order valence-corrected chi connectivity index (χ1v) is 7.30. The first-order valence-electron chi connectivity index (χ1n) is 7.30. The number of rotatable bonds is 2. The van der Waals surface area contributed by atoms with Crippen molar-refractivity contribution in [3.63, 3.8) is 0 Å². The van der Waals surface area contributed by atoms with E-state index in [9.17, 15) is 19.7 Å². The minimum Gasteiger partial charge on any atom is -0.359 e. The topological polar surface area (TPSA) is 89.8 Å². The first kappa shape index (κ1) is 14.1. The molecule has 0 radical (unpaired) electrons. The van der Waals surface area contributed by atoms with Gasteiger partial charge in [-0.3, -0.25) is 19.7 Å². The monoisotopic (exact) mass is 314 g/mol. The van der Waals surface area contributed by atoms with Crippen molar-refractivity contribution in [3.05, 3.63) is 46.5 Å². The van der Waals surface area contributed by atoms with Crippen LogP contribution in [0.5, 0.6) is 0 Å². The van der Waals surface area contributed by atoms with Gasteiger partial charge in [0.15, 0.2) is 0 Å². The van der Waals surface area contributed by atoms with E-state index in [-0.39, 0.29) is 23.2 Å². The number of fused-ring (bicyclic) bond motifs is 5. The molecule has 3 aliphatic rings. The van der Waals surface area contributed by atoms with E-state index in [1.165, 1.54) is 24.3 Å². The summed E-state index contributed by atoms with van der Waals surface area (Å²) in [4.78, 5) is 37.1. The number of benzene rings is 1. The summed E-state index contributed by atoms with van der Waals surface area (Å²) in [5, 5.41) is 10.9. The lowest BCUT2D eigenvalue weighted by molar-refractivity contribution is -0.384. The Balaban J connectivity index is 1.79. The lowest BCUT2D eigenvalue weighted by atomic mass is 9.73. The molecule has 2 bridgehead atoms. The molecule has 0 spiro atoms. The molecule has 2 amide bonds. The van der Waals surface area contributed by atoms with Crippen LogP contribution in [0.1, 0.15) is 13.8 Å². The minimum absolute atomic E-state index is 0.157. The summed E-state index contributed by atoms with van der Waals surface area (Å²) >= 11 is 0. The Kier molecular flexibility index (Phi) is 2.48. The van der Waals surface area contributed by atoms with E-state index in [4.69, 9.17) is 4.74 Å². The first-order chi connectivity index (χ1) is 10.8. The van der Waals surface area contributed by atoms with Gasteiger partial charge < -0.3 is 4.74 Å². The van der Waals surface area contributed by atoms with Crippen molar-refractivity contribution >= 4 is 23.2 Å². The second kappa shape index (κ2) is 4.05. The summed E-state index contributed by atoms with van der Waals surface area (Å²) in [6.07, 6.45) is 3.66. The van der Waals surface area contributed by atoms with Crippen LogP contribution in [0.15, 0.2) is 36.4 Å². The molecule has 0 saturated carbocycles. The largest absolute Gasteiger partial charge is 0.359 e. The van der Waals surface area contributed by atoms with Crippen molar-refractivity contribution in [2.45, 2.75) is 25.0 Å². The fraction of sp³-hybridized carbons (Fsp3) is 0.375. The predicted molar refractivity (Wildman–Crippen MR) is 79.6 cm³/mol. The SMILES string of the molecule is CC12C=CC(C)(O1)C1C(=O)N(c3cccc([N+](=O)[O-])c3)C(=O)C12. The molecule has 4 rings (SSSR count). The molecule has 4 atom stereocenters. The molecule has 7 nitrogen and oxygen atoms in total. The number of non-ortho nitro benzene ring substituents is 1. The van der Waals surface area contributed by atoms with Crippen LogP contribution in [0.3, 0.4) is 0 Å². The van der Waals surface area contributed by atoms with Gasteiger partial charge in [0.05, 0.1) is 33.6 Å². The Morgan fingerprint density at radius 1 is 1.13 bits per heavy atom. The number of anilines is 1. The third-order valence-corrected chi connectivity index (χ3v) is 5.03. The van der Waals surface area contributed by atoms with Crippen LogP contribution in [0.2, 0.25) is 0 Å². The molecule has 2 fully saturated rings. The predicted octanol–water partition coefficient (Wildman–Crippen LogP) is 1.82. The zero-order chi connectivity index (χ0) is 16.6. The standard InChI is InChI=1S/C16H14N2O5/c1-15-6-7-16(2,23-15)12-11(15)13(19)17(14(12)20)9-4-3-5-10(8-9)18(21)22/h3-8,11-12H,1-2H3. The summed E-state index contributed by atoms with van der Waals surface area (Å²) in [7, 11) is 0. The van der Waals surface area contributed by atoms with Crippen molar-refractivity contribution < 1.29 is 19.2 Å². The van der Waals surface area contributed by atoms with Crippen molar-refractivity contribution in [2.75, 3.05) is 4.90 Å². The summed E-state index contributed by atoms with van der Waals surface area (Å²) in [5.41, 5.74) is -1.53.